The smallest absolute Gasteiger partial charge is 0.243 e. The largest absolute Gasteiger partial charge is 0.397 e. The monoisotopic (exact) mass is 305 g/mol. The van der Waals surface area contributed by atoms with Gasteiger partial charge >= 0.3 is 0 Å². The Hall–Kier alpha value is -1.31. The summed E-state index contributed by atoms with van der Waals surface area (Å²) in [5.74, 6) is -0.398. The Bertz CT molecular complexity index is 578. The van der Waals surface area contributed by atoms with Crippen LogP contribution < -0.4 is 11.1 Å². The molecule has 1 rings (SSSR count). The highest BCUT2D eigenvalue weighted by atomic mass is 35.5. The quantitative estimate of drug-likeness (QED) is 0.797. The lowest BCUT2D eigenvalue weighted by atomic mass is 10.2. The van der Waals surface area contributed by atoms with Gasteiger partial charge in [-0.3, -0.25) is 4.79 Å². The highest BCUT2D eigenvalue weighted by molar-refractivity contribution is 7.89. The maximum atomic E-state index is 12.2. The third-order valence-electron chi connectivity index (χ3n) is 2.61. The fourth-order valence-corrected chi connectivity index (χ4v) is 2.82. The Labute approximate surface area is 117 Å². The molecule has 0 saturated heterocycles. The predicted molar refractivity (Wildman–Crippen MR) is 74.5 cm³/mol. The summed E-state index contributed by atoms with van der Waals surface area (Å²) in [7, 11) is -1.01. The average Bonchev–Trinajstić information content (AvgIpc) is 2.34. The number of anilines is 1. The van der Waals surface area contributed by atoms with Gasteiger partial charge in [0.05, 0.1) is 22.2 Å². The molecular weight excluding hydrogens is 290 g/mol. The molecule has 0 aliphatic carbocycles. The molecule has 0 heterocycles. The van der Waals surface area contributed by atoms with E-state index in [0.717, 1.165) is 4.31 Å². The molecule has 8 heteroatoms. The van der Waals surface area contributed by atoms with E-state index in [9.17, 15) is 13.2 Å². The molecule has 1 aromatic carbocycles. The van der Waals surface area contributed by atoms with Gasteiger partial charge in [-0.05, 0) is 24.6 Å². The van der Waals surface area contributed by atoms with E-state index in [4.69, 9.17) is 17.3 Å². The van der Waals surface area contributed by atoms with E-state index >= 15 is 0 Å². The van der Waals surface area contributed by atoms with E-state index in [2.05, 4.69) is 5.32 Å². The number of likely N-dealkylation sites (N-methyl/N-ethyl adjacent to an activating group) is 2. The van der Waals surface area contributed by atoms with Crippen LogP contribution in [0.4, 0.5) is 5.69 Å². The zero-order valence-corrected chi connectivity index (χ0v) is 12.5. The molecule has 0 bridgehead atoms. The number of nitrogens with zero attached hydrogens (tertiary/aromatic N) is 1. The van der Waals surface area contributed by atoms with Crippen LogP contribution in [0.25, 0.3) is 0 Å². The first-order valence-corrected chi connectivity index (χ1v) is 7.24. The number of hydrogen-bond acceptors (Lipinski definition) is 4. The lowest BCUT2D eigenvalue weighted by molar-refractivity contribution is -0.120. The molecule has 0 spiro atoms. The van der Waals surface area contributed by atoms with E-state index in [1.165, 1.54) is 26.2 Å². The molecule has 19 heavy (non-hydrogen) atoms. The molecule has 0 unspecified atom stereocenters. The first-order chi connectivity index (χ1) is 8.70. The Morgan fingerprint density at radius 3 is 2.53 bits per heavy atom. The summed E-state index contributed by atoms with van der Waals surface area (Å²) in [6, 6.07) is 2.71. The molecule has 0 fully saturated rings. The minimum Gasteiger partial charge on any atom is -0.397 e. The highest BCUT2D eigenvalue weighted by Gasteiger charge is 2.23. The van der Waals surface area contributed by atoms with Gasteiger partial charge in [0.15, 0.2) is 0 Å². The van der Waals surface area contributed by atoms with Crippen LogP contribution in [0.5, 0.6) is 0 Å². The van der Waals surface area contributed by atoms with Gasteiger partial charge in [0.25, 0.3) is 0 Å². The van der Waals surface area contributed by atoms with E-state index < -0.39 is 15.9 Å². The molecule has 0 saturated carbocycles. The van der Waals surface area contributed by atoms with Crippen LogP contribution in [0.1, 0.15) is 5.56 Å². The van der Waals surface area contributed by atoms with Gasteiger partial charge in [-0.1, -0.05) is 11.6 Å². The number of amides is 1. The first kappa shape index (κ1) is 15.7. The Morgan fingerprint density at radius 1 is 1.47 bits per heavy atom. The first-order valence-electron chi connectivity index (χ1n) is 5.42. The van der Waals surface area contributed by atoms with Crippen molar-refractivity contribution in [2.75, 3.05) is 26.4 Å². The molecule has 0 radical (unpaired) electrons. The molecule has 6 nitrogen and oxygen atoms in total. The number of sulfonamides is 1. The standard InChI is InChI=1S/C11H16ClN3O3S/c1-7-4-8(5-9(13)11(7)12)19(17,18)15(3)6-10(16)14-2/h4-5H,6,13H2,1-3H3,(H,14,16). The van der Waals surface area contributed by atoms with Crippen LogP contribution in [0.2, 0.25) is 5.02 Å². The summed E-state index contributed by atoms with van der Waals surface area (Å²) >= 11 is 5.89. The van der Waals surface area contributed by atoms with Crippen molar-refractivity contribution in [1.82, 2.24) is 9.62 Å². The van der Waals surface area contributed by atoms with Crippen molar-refractivity contribution in [2.45, 2.75) is 11.8 Å². The van der Waals surface area contributed by atoms with Crippen molar-refractivity contribution in [3.8, 4) is 0 Å². The van der Waals surface area contributed by atoms with Crippen LogP contribution in [0, 0.1) is 6.92 Å². The van der Waals surface area contributed by atoms with Gasteiger partial charge in [-0.2, -0.15) is 4.31 Å². The van der Waals surface area contributed by atoms with Crippen LogP contribution in [-0.4, -0.2) is 39.3 Å². The van der Waals surface area contributed by atoms with E-state index in [1.807, 2.05) is 0 Å². The minimum atomic E-state index is -3.77. The number of hydrogen-bond donors (Lipinski definition) is 2. The molecule has 0 aliphatic rings. The number of aryl methyl sites for hydroxylation is 1. The molecule has 0 aromatic heterocycles. The van der Waals surface area contributed by atoms with Gasteiger partial charge < -0.3 is 11.1 Å². The summed E-state index contributed by atoms with van der Waals surface area (Å²) in [5, 5.41) is 2.69. The highest BCUT2D eigenvalue weighted by Crippen LogP contribution is 2.27. The number of benzene rings is 1. The van der Waals surface area contributed by atoms with Crippen LogP contribution >= 0.6 is 11.6 Å². The van der Waals surface area contributed by atoms with E-state index in [1.54, 1.807) is 6.92 Å². The number of carbonyl (C=O) groups excluding carboxylic acids is 1. The predicted octanol–water partition coefficient (Wildman–Crippen LogP) is 0.597. The molecule has 106 valence electrons. The molecule has 1 aromatic rings. The number of carbonyl (C=O) groups is 1. The van der Waals surface area contributed by atoms with Crippen molar-refractivity contribution in [3.05, 3.63) is 22.7 Å². The third-order valence-corrected chi connectivity index (χ3v) is 4.91. The number of nitrogen functional groups attached to an aromatic ring is 1. The zero-order chi connectivity index (χ0) is 14.8. The van der Waals surface area contributed by atoms with E-state index in [-0.39, 0.29) is 17.1 Å². The Morgan fingerprint density at radius 2 is 2.05 bits per heavy atom. The summed E-state index contributed by atoms with van der Waals surface area (Å²) in [6.45, 7) is 1.40. The van der Waals surface area contributed by atoms with Crippen molar-refractivity contribution in [3.63, 3.8) is 0 Å². The maximum Gasteiger partial charge on any atom is 0.243 e. The number of halogens is 1. The van der Waals surface area contributed by atoms with Gasteiger partial charge in [-0.15, -0.1) is 0 Å². The second-order valence-electron chi connectivity index (χ2n) is 4.08. The van der Waals surface area contributed by atoms with Crippen LogP contribution in [0.3, 0.4) is 0 Å². The average molecular weight is 306 g/mol. The Kier molecular flexibility index (Phi) is 4.78. The molecule has 0 aliphatic heterocycles. The van der Waals surface area contributed by atoms with Gasteiger partial charge in [-0.25, -0.2) is 8.42 Å². The summed E-state index contributed by atoms with van der Waals surface area (Å²) in [5.41, 5.74) is 6.40. The summed E-state index contributed by atoms with van der Waals surface area (Å²) < 4.78 is 25.4. The van der Waals surface area contributed by atoms with Gasteiger partial charge in [0.1, 0.15) is 0 Å². The number of nitrogens with two attached hydrogens (primary N) is 1. The molecule has 0 atom stereocenters. The van der Waals surface area contributed by atoms with Gasteiger partial charge in [0, 0.05) is 14.1 Å². The lowest BCUT2D eigenvalue weighted by Crippen LogP contribution is -2.36. The SMILES string of the molecule is CNC(=O)CN(C)S(=O)(=O)c1cc(C)c(Cl)c(N)c1. The fraction of sp³-hybridized carbons (Fsp3) is 0.364. The van der Waals surface area contributed by atoms with Gasteiger partial charge in [0.2, 0.25) is 15.9 Å². The zero-order valence-electron chi connectivity index (χ0n) is 10.9. The number of rotatable bonds is 4. The number of nitrogens with one attached hydrogen (secondary N) is 1. The lowest BCUT2D eigenvalue weighted by Gasteiger charge is -2.17. The van der Waals surface area contributed by atoms with Crippen LogP contribution in [-0.2, 0) is 14.8 Å². The third kappa shape index (κ3) is 3.37. The summed E-state index contributed by atoms with van der Waals surface area (Å²) in [6.07, 6.45) is 0. The van der Waals surface area contributed by atoms with E-state index in [0.29, 0.717) is 10.6 Å². The van der Waals surface area contributed by atoms with Crippen molar-refractivity contribution in [2.24, 2.45) is 0 Å². The topological polar surface area (TPSA) is 92.5 Å². The van der Waals surface area contributed by atoms with Crippen molar-refractivity contribution in [1.29, 1.82) is 0 Å². The minimum absolute atomic E-state index is 0.0123. The maximum absolute atomic E-state index is 12.2. The Balaban J connectivity index is 3.17. The second kappa shape index (κ2) is 5.77. The summed E-state index contributed by atoms with van der Waals surface area (Å²) in [4.78, 5) is 11.2. The normalized spacial score (nSPS) is 11.6. The molecule has 1 amide bonds. The molecule has 3 N–H and O–H groups in total. The van der Waals surface area contributed by atoms with Crippen molar-refractivity contribution >= 4 is 33.2 Å². The second-order valence-corrected chi connectivity index (χ2v) is 6.50. The fourth-order valence-electron chi connectivity index (χ4n) is 1.46. The van der Waals surface area contributed by atoms with Crippen LogP contribution in [0.15, 0.2) is 17.0 Å². The molecular formula is C11H16ClN3O3S. The van der Waals surface area contributed by atoms with Crippen molar-refractivity contribution < 1.29 is 13.2 Å².